The molecule has 0 bridgehead atoms. The molecule has 0 amide bonds. The van der Waals surface area contributed by atoms with Gasteiger partial charge in [0.25, 0.3) is 0 Å². The Labute approximate surface area is 62.4 Å². The van der Waals surface area contributed by atoms with Gasteiger partial charge in [0.1, 0.15) is 0 Å². The summed E-state index contributed by atoms with van der Waals surface area (Å²) in [7, 11) is -5.43. The molecule has 0 aliphatic heterocycles. The molecule has 62 valence electrons. The van der Waals surface area contributed by atoms with Crippen LogP contribution in [0.5, 0.6) is 0 Å². The molecule has 0 rings (SSSR count). The number of sulfone groups is 1. The summed E-state index contributed by atoms with van der Waals surface area (Å²) in [4.78, 5) is 0. The molecule has 0 aliphatic rings. The molecule has 0 saturated carbocycles. The van der Waals surface area contributed by atoms with Gasteiger partial charge in [0.2, 0.25) is 0 Å². The van der Waals surface area contributed by atoms with E-state index in [0.29, 0.717) is 0 Å². The zero-order valence-corrected chi connectivity index (χ0v) is 7.96. The van der Waals surface area contributed by atoms with Crippen LogP contribution in [0.25, 0.3) is 0 Å². The van der Waals surface area contributed by atoms with Gasteiger partial charge in [-0.3, -0.25) is 4.21 Å². The molecule has 0 aromatic rings. The second-order valence-corrected chi connectivity index (χ2v) is 7.65. The fourth-order valence-electron chi connectivity index (χ4n) is 0.421. The van der Waals surface area contributed by atoms with Gasteiger partial charge in [-0.25, -0.2) is 8.42 Å². The maximum Gasteiger partial charge on any atom is 0.178 e. The first-order valence-electron chi connectivity index (χ1n) is 2.78. The lowest BCUT2D eigenvalue weighted by atomic mass is 11.0. The molecule has 0 aromatic heterocycles. The molecule has 0 heterocycles. The monoisotopic (exact) mass is 184 g/mol. The molecular weight excluding hydrogens is 172 g/mol. The molecule has 0 fully saturated rings. The summed E-state index contributed by atoms with van der Waals surface area (Å²) < 4.78 is 33.4. The van der Waals surface area contributed by atoms with Crippen LogP contribution in [0.4, 0.5) is 0 Å². The Morgan fingerprint density at radius 3 is 1.70 bits per heavy atom. The molecule has 0 saturated heterocycles. The van der Waals surface area contributed by atoms with E-state index in [0.717, 1.165) is 4.70 Å². The number of rotatable bonds is 2. The third-order valence-corrected chi connectivity index (χ3v) is 4.61. The van der Waals surface area contributed by atoms with E-state index < -0.39 is 19.4 Å². The lowest BCUT2D eigenvalue weighted by Gasteiger charge is -1.94. The Bertz CT molecular complexity index is 296. The van der Waals surface area contributed by atoms with Crippen molar-refractivity contribution in [3.05, 3.63) is 0 Å². The Morgan fingerprint density at radius 1 is 1.20 bits per heavy atom. The highest BCUT2D eigenvalue weighted by Crippen LogP contribution is 1.86. The van der Waals surface area contributed by atoms with E-state index in [1.165, 1.54) is 19.4 Å². The standard InChI is InChI=1S/C5H12O3S2/c1-4-10(7,8)5-9(2,3)6/h5H,4H2,1-3H3. The Balaban J connectivity index is 4.97. The largest absolute Gasteiger partial charge is 0.267 e. The van der Waals surface area contributed by atoms with Gasteiger partial charge in [-0.1, -0.05) is 6.92 Å². The van der Waals surface area contributed by atoms with Gasteiger partial charge in [-0.15, -0.1) is 0 Å². The van der Waals surface area contributed by atoms with Crippen molar-refractivity contribution in [3.8, 4) is 0 Å². The first kappa shape index (κ1) is 9.97. The summed E-state index contributed by atoms with van der Waals surface area (Å²) in [6.07, 6.45) is 2.81. The van der Waals surface area contributed by atoms with E-state index in [1.54, 1.807) is 0 Å². The Morgan fingerprint density at radius 2 is 1.60 bits per heavy atom. The maximum absolute atomic E-state index is 10.9. The highest BCUT2D eigenvalue weighted by atomic mass is 32.3. The van der Waals surface area contributed by atoms with Gasteiger partial charge in [0, 0.05) is 12.5 Å². The van der Waals surface area contributed by atoms with Gasteiger partial charge in [0.15, 0.2) is 9.84 Å². The van der Waals surface area contributed by atoms with Gasteiger partial charge in [-0.2, -0.15) is 0 Å². The Hall–Kier alpha value is -0.0300. The topological polar surface area (TPSA) is 51.2 Å². The van der Waals surface area contributed by atoms with Crippen molar-refractivity contribution in [1.82, 2.24) is 0 Å². The SMILES string of the molecule is CCS(=O)(=O)C=S(C)(C)=O. The molecule has 0 spiro atoms. The predicted molar refractivity (Wildman–Crippen MR) is 45.5 cm³/mol. The van der Waals surface area contributed by atoms with Crippen LogP contribution < -0.4 is 0 Å². The smallest absolute Gasteiger partial charge is 0.178 e. The third kappa shape index (κ3) is 4.81. The van der Waals surface area contributed by atoms with E-state index in [-0.39, 0.29) is 5.75 Å². The van der Waals surface area contributed by atoms with Crippen molar-refractivity contribution in [3.63, 3.8) is 0 Å². The fourth-order valence-corrected chi connectivity index (χ4v) is 3.79. The van der Waals surface area contributed by atoms with Gasteiger partial charge < -0.3 is 0 Å². The van der Waals surface area contributed by atoms with Gasteiger partial charge in [0.05, 0.1) is 10.5 Å². The highest BCUT2D eigenvalue weighted by molar-refractivity contribution is 8.20. The normalized spacial score (nSPS) is 13.1. The van der Waals surface area contributed by atoms with Crippen molar-refractivity contribution in [2.24, 2.45) is 0 Å². The molecule has 5 heteroatoms. The second-order valence-electron chi connectivity index (χ2n) is 2.36. The minimum Gasteiger partial charge on any atom is -0.267 e. The first-order chi connectivity index (χ1) is 4.27. The van der Waals surface area contributed by atoms with E-state index in [4.69, 9.17) is 0 Å². The van der Waals surface area contributed by atoms with E-state index in [1.807, 2.05) is 0 Å². The average molecular weight is 184 g/mol. The van der Waals surface area contributed by atoms with Crippen LogP contribution in [0.3, 0.4) is 0 Å². The fraction of sp³-hybridized carbons (Fsp3) is 0.800. The summed E-state index contributed by atoms with van der Waals surface area (Å²) in [5.41, 5.74) is 0. The quantitative estimate of drug-likeness (QED) is 0.555. The molecule has 0 aromatic carbocycles. The van der Waals surface area contributed by atoms with Crippen LogP contribution in [0.15, 0.2) is 0 Å². The lowest BCUT2D eigenvalue weighted by Crippen LogP contribution is -2.10. The summed E-state index contributed by atoms with van der Waals surface area (Å²) in [6.45, 7) is 1.52. The second kappa shape index (κ2) is 2.92. The molecule has 3 nitrogen and oxygen atoms in total. The molecule has 0 unspecified atom stereocenters. The van der Waals surface area contributed by atoms with Crippen LogP contribution in [-0.4, -0.2) is 35.6 Å². The molecule has 0 atom stereocenters. The summed E-state index contributed by atoms with van der Waals surface area (Å²) >= 11 is 0. The van der Waals surface area contributed by atoms with Crippen molar-refractivity contribution >= 4 is 24.1 Å². The maximum atomic E-state index is 10.9. The average Bonchev–Trinajstić information content (AvgIpc) is 1.60. The Kier molecular flexibility index (Phi) is 2.91. The van der Waals surface area contributed by atoms with Crippen LogP contribution in [0.2, 0.25) is 0 Å². The van der Waals surface area contributed by atoms with Crippen LogP contribution >= 0.6 is 0 Å². The zero-order valence-electron chi connectivity index (χ0n) is 6.33. The summed E-state index contributed by atoms with van der Waals surface area (Å²) in [6, 6.07) is 0. The molecule has 10 heavy (non-hydrogen) atoms. The third-order valence-electron chi connectivity index (χ3n) is 0.781. The van der Waals surface area contributed by atoms with E-state index >= 15 is 0 Å². The molecular formula is C5H12O3S2. The van der Waals surface area contributed by atoms with Gasteiger partial charge >= 0.3 is 0 Å². The van der Waals surface area contributed by atoms with E-state index in [9.17, 15) is 12.6 Å². The highest BCUT2D eigenvalue weighted by Gasteiger charge is 2.03. The summed E-state index contributed by atoms with van der Waals surface area (Å²) in [5.74, 6) is 0.0195. The van der Waals surface area contributed by atoms with Crippen LogP contribution in [-0.2, 0) is 19.4 Å². The van der Waals surface area contributed by atoms with Crippen LogP contribution in [0.1, 0.15) is 6.92 Å². The van der Waals surface area contributed by atoms with Gasteiger partial charge in [-0.05, 0) is 9.52 Å². The number of hydrogen-bond acceptors (Lipinski definition) is 3. The van der Waals surface area contributed by atoms with Crippen molar-refractivity contribution in [2.45, 2.75) is 6.92 Å². The summed E-state index contributed by atoms with van der Waals surface area (Å²) in [5, 5.41) is 0. The minimum absolute atomic E-state index is 0.0195. The van der Waals surface area contributed by atoms with Crippen molar-refractivity contribution in [1.29, 1.82) is 0 Å². The van der Waals surface area contributed by atoms with E-state index in [2.05, 4.69) is 0 Å². The first-order valence-corrected chi connectivity index (χ1v) is 6.94. The number of hydrogen-bond donors (Lipinski definition) is 0. The molecule has 0 N–H and O–H groups in total. The predicted octanol–water partition coefficient (Wildman–Crippen LogP) is -0.275. The molecule has 0 radical (unpaired) electrons. The van der Waals surface area contributed by atoms with Crippen molar-refractivity contribution in [2.75, 3.05) is 18.3 Å². The zero-order chi connectivity index (χ0) is 8.41. The van der Waals surface area contributed by atoms with Crippen molar-refractivity contribution < 1.29 is 12.6 Å². The lowest BCUT2D eigenvalue weighted by molar-refractivity contribution is 0.609. The van der Waals surface area contributed by atoms with Crippen LogP contribution in [0, 0.1) is 0 Å². The minimum atomic E-state index is -3.18. The molecule has 0 aliphatic carbocycles.